The first-order valence-electron chi connectivity index (χ1n) is 11.0. The molecule has 0 aliphatic carbocycles. The molecule has 166 valence electrons. The number of hydrogen-bond acceptors (Lipinski definition) is 4. The highest BCUT2D eigenvalue weighted by molar-refractivity contribution is 5.94. The number of benzene rings is 3. The molecular formula is C27H30N2O3. The molecule has 5 heteroatoms. The molecule has 0 atom stereocenters. The fraction of sp³-hybridized carbons (Fsp3) is 0.296. The Hall–Kier alpha value is -3.31. The third-order valence-electron chi connectivity index (χ3n) is 5.98. The second-order valence-corrected chi connectivity index (χ2v) is 8.16. The number of methoxy groups -OCH3 is 1. The Morgan fingerprint density at radius 2 is 1.50 bits per heavy atom. The van der Waals surface area contributed by atoms with Gasteiger partial charge in [0.05, 0.1) is 7.11 Å². The summed E-state index contributed by atoms with van der Waals surface area (Å²) in [6.45, 7) is 6.86. The molecule has 0 bridgehead atoms. The lowest BCUT2D eigenvalue weighted by molar-refractivity contribution is 0.0628. The maximum atomic E-state index is 12.9. The highest BCUT2D eigenvalue weighted by Gasteiger charge is 2.22. The molecule has 0 unspecified atom stereocenters. The Balaban J connectivity index is 1.27. The second kappa shape index (κ2) is 10.3. The molecule has 0 radical (unpaired) electrons. The maximum absolute atomic E-state index is 12.9. The molecule has 0 spiro atoms. The fourth-order valence-corrected chi connectivity index (χ4v) is 3.90. The van der Waals surface area contributed by atoms with Crippen LogP contribution in [0.25, 0.3) is 0 Å². The first kappa shape index (κ1) is 21.9. The minimum atomic E-state index is 0.100. The summed E-state index contributed by atoms with van der Waals surface area (Å²) in [6, 6.07) is 23.7. The third kappa shape index (κ3) is 5.48. The van der Waals surface area contributed by atoms with E-state index in [4.69, 9.17) is 9.47 Å². The number of aryl methyl sites for hydroxylation is 1. The molecule has 0 saturated carbocycles. The minimum Gasteiger partial charge on any atom is -0.497 e. The Morgan fingerprint density at radius 3 is 2.16 bits per heavy atom. The van der Waals surface area contributed by atoms with E-state index in [9.17, 15) is 4.79 Å². The molecule has 5 nitrogen and oxygen atoms in total. The average Bonchev–Trinajstić information content (AvgIpc) is 2.85. The van der Waals surface area contributed by atoms with Crippen LogP contribution in [-0.4, -0.2) is 49.0 Å². The quantitative estimate of drug-likeness (QED) is 0.552. The van der Waals surface area contributed by atoms with Crippen molar-refractivity contribution in [2.75, 3.05) is 33.3 Å². The number of hydrogen-bond donors (Lipinski definition) is 0. The van der Waals surface area contributed by atoms with Crippen molar-refractivity contribution in [2.45, 2.75) is 20.1 Å². The van der Waals surface area contributed by atoms with Crippen LogP contribution in [0.2, 0.25) is 0 Å². The van der Waals surface area contributed by atoms with Gasteiger partial charge in [-0.05, 0) is 60.0 Å². The molecule has 32 heavy (non-hydrogen) atoms. The fourth-order valence-electron chi connectivity index (χ4n) is 3.90. The standard InChI is InChI=1S/C27H30N2O3/c1-21-5-3-4-6-24(21)19-28-15-17-29(18-16-28)27(30)23-9-7-22(8-10-23)20-32-26-13-11-25(31-2)12-14-26/h3-14H,15-20H2,1-2H3. The van der Waals surface area contributed by atoms with Crippen LogP contribution in [0.5, 0.6) is 11.5 Å². The van der Waals surface area contributed by atoms with E-state index in [0.29, 0.717) is 6.61 Å². The number of amides is 1. The van der Waals surface area contributed by atoms with Crippen molar-refractivity contribution in [1.82, 2.24) is 9.80 Å². The second-order valence-electron chi connectivity index (χ2n) is 8.16. The van der Waals surface area contributed by atoms with E-state index in [0.717, 1.165) is 55.3 Å². The lowest BCUT2D eigenvalue weighted by Crippen LogP contribution is -2.48. The van der Waals surface area contributed by atoms with Crippen molar-refractivity contribution >= 4 is 5.91 Å². The number of carbonyl (C=O) groups is 1. The van der Waals surface area contributed by atoms with Gasteiger partial charge in [0.2, 0.25) is 0 Å². The van der Waals surface area contributed by atoms with Gasteiger partial charge < -0.3 is 14.4 Å². The summed E-state index contributed by atoms with van der Waals surface area (Å²) in [6.07, 6.45) is 0. The van der Waals surface area contributed by atoms with Gasteiger partial charge in [0.25, 0.3) is 5.91 Å². The summed E-state index contributed by atoms with van der Waals surface area (Å²) in [5, 5.41) is 0. The van der Waals surface area contributed by atoms with E-state index in [1.807, 2.05) is 53.4 Å². The van der Waals surface area contributed by atoms with Crippen molar-refractivity contribution < 1.29 is 14.3 Å². The third-order valence-corrected chi connectivity index (χ3v) is 5.98. The Morgan fingerprint density at radius 1 is 0.844 bits per heavy atom. The van der Waals surface area contributed by atoms with Crippen LogP contribution < -0.4 is 9.47 Å². The molecule has 1 fully saturated rings. The molecule has 0 N–H and O–H groups in total. The first-order valence-corrected chi connectivity index (χ1v) is 11.0. The van der Waals surface area contributed by atoms with Gasteiger partial charge >= 0.3 is 0 Å². The first-order chi connectivity index (χ1) is 15.6. The Kier molecular flexibility index (Phi) is 7.07. The van der Waals surface area contributed by atoms with Gasteiger partial charge in [-0.15, -0.1) is 0 Å². The van der Waals surface area contributed by atoms with Gasteiger partial charge in [-0.1, -0.05) is 36.4 Å². The van der Waals surface area contributed by atoms with Crippen LogP contribution in [0.3, 0.4) is 0 Å². The largest absolute Gasteiger partial charge is 0.497 e. The molecule has 3 aromatic rings. The SMILES string of the molecule is COc1ccc(OCc2ccc(C(=O)N3CCN(Cc4ccccc4C)CC3)cc2)cc1. The van der Waals surface area contributed by atoms with E-state index in [1.165, 1.54) is 11.1 Å². The Bertz CT molecular complexity index is 1020. The van der Waals surface area contributed by atoms with Crippen LogP contribution in [-0.2, 0) is 13.2 Å². The van der Waals surface area contributed by atoms with E-state index < -0.39 is 0 Å². The minimum absolute atomic E-state index is 0.100. The predicted octanol–water partition coefficient (Wildman–Crippen LogP) is 4.54. The normalized spacial score (nSPS) is 14.2. The average molecular weight is 431 g/mol. The number of nitrogens with zero attached hydrogens (tertiary/aromatic N) is 2. The number of rotatable bonds is 7. The number of ether oxygens (including phenoxy) is 2. The van der Waals surface area contributed by atoms with Crippen LogP contribution in [0.4, 0.5) is 0 Å². The van der Waals surface area contributed by atoms with Gasteiger partial charge in [-0.3, -0.25) is 9.69 Å². The molecule has 1 aliphatic heterocycles. The van der Waals surface area contributed by atoms with E-state index in [-0.39, 0.29) is 5.91 Å². The highest BCUT2D eigenvalue weighted by atomic mass is 16.5. The zero-order chi connectivity index (χ0) is 22.3. The number of carbonyl (C=O) groups excluding carboxylic acids is 1. The molecule has 1 aliphatic rings. The van der Waals surface area contributed by atoms with Crippen molar-refractivity contribution in [3.63, 3.8) is 0 Å². The van der Waals surface area contributed by atoms with Crippen LogP contribution >= 0.6 is 0 Å². The topological polar surface area (TPSA) is 42.0 Å². The molecular weight excluding hydrogens is 400 g/mol. The maximum Gasteiger partial charge on any atom is 0.253 e. The van der Waals surface area contributed by atoms with Crippen LogP contribution in [0.1, 0.15) is 27.0 Å². The lowest BCUT2D eigenvalue weighted by Gasteiger charge is -2.35. The molecule has 3 aromatic carbocycles. The van der Waals surface area contributed by atoms with Gasteiger partial charge in [-0.2, -0.15) is 0 Å². The molecule has 0 aromatic heterocycles. The van der Waals surface area contributed by atoms with Gasteiger partial charge in [0.1, 0.15) is 18.1 Å². The molecule has 4 rings (SSSR count). The highest BCUT2D eigenvalue weighted by Crippen LogP contribution is 2.19. The van der Waals surface area contributed by atoms with Gasteiger partial charge in [0, 0.05) is 38.3 Å². The summed E-state index contributed by atoms with van der Waals surface area (Å²) in [7, 11) is 1.64. The zero-order valence-corrected chi connectivity index (χ0v) is 18.8. The van der Waals surface area contributed by atoms with Crippen molar-refractivity contribution in [3.8, 4) is 11.5 Å². The van der Waals surface area contributed by atoms with Crippen molar-refractivity contribution in [3.05, 3.63) is 95.1 Å². The lowest BCUT2D eigenvalue weighted by atomic mass is 10.1. The summed E-state index contributed by atoms with van der Waals surface area (Å²) >= 11 is 0. The van der Waals surface area contributed by atoms with Crippen molar-refractivity contribution in [2.24, 2.45) is 0 Å². The smallest absolute Gasteiger partial charge is 0.253 e. The monoisotopic (exact) mass is 430 g/mol. The van der Waals surface area contributed by atoms with Gasteiger partial charge in [-0.25, -0.2) is 0 Å². The van der Waals surface area contributed by atoms with E-state index >= 15 is 0 Å². The van der Waals surface area contributed by atoms with Crippen LogP contribution in [0.15, 0.2) is 72.8 Å². The molecule has 1 heterocycles. The van der Waals surface area contributed by atoms with E-state index in [2.05, 4.69) is 36.1 Å². The summed E-state index contributed by atoms with van der Waals surface area (Å²) in [5.41, 5.74) is 4.44. The summed E-state index contributed by atoms with van der Waals surface area (Å²) in [4.78, 5) is 17.3. The molecule has 1 saturated heterocycles. The van der Waals surface area contributed by atoms with E-state index in [1.54, 1.807) is 7.11 Å². The Labute approximate surface area is 190 Å². The number of piperazine rings is 1. The zero-order valence-electron chi connectivity index (χ0n) is 18.8. The van der Waals surface area contributed by atoms with Crippen molar-refractivity contribution in [1.29, 1.82) is 0 Å². The summed E-state index contributed by atoms with van der Waals surface area (Å²) in [5.74, 6) is 1.69. The predicted molar refractivity (Wildman–Crippen MR) is 126 cm³/mol. The molecule has 1 amide bonds. The van der Waals surface area contributed by atoms with Gasteiger partial charge in [0.15, 0.2) is 0 Å². The summed E-state index contributed by atoms with van der Waals surface area (Å²) < 4.78 is 11.0. The van der Waals surface area contributed by atoms with Crippen LogP contribution in [0, 0.1) is 6.92 Å².